The summed E-state index contributed by atoms with van der Waals surface area (Å²) in [6, 6.07) is 10.2. The molecule has 9 nitrogen and oxygen atoms in total. The highest BCUT2D eigenvalue weighted by Crippen LogP contribution is 2.29. The van der Waals surface area contributed by atoms with Gasteiger partial charge in [0.25, 0.3) is 0 Å². The normalized spacial score (nSPS) is 11.6. The van der Waals surface area contributed by atoms with Crippen molar-refractivity contribution in [1.82, 2.24) is 15.0 Å². The van der Waals surface area contributed by atoms with Gasteiger partial charge >= 0.3 is 5.69 Å². The molecule has 0 aliphatic carbocycles. The Balaban J connectivity index is 1.80. The second-order valence-corrected chi connectivity index (χ2v) is 5.72. The predicted octanol–water partition coefficient (Wildman–Crippen LogP) is 2.81. The number of quaternary nitrogens is 1. The van der Waals surface area contributed by atoms with Gasteiger partial charge in [0.1, 0.15) is 5.69 Å². The Labute approximate surface area is 136 Å². The molecule has 0 spiro atoms. The third kappa shape index (κ3) is 3.03. The zero-order chi connectivity index (χ0) is 17.3. The van der Waals surface area contributed by atoms with Crippen LogP contribution >= 0.6 is 0 Å². The zero-order valence-electron chi connectivity index (χ0n) is 13.1. The van der Waals surface area contributed by atoms with E-state index in [9.17, 15) is 15.3 Å². The SMILES string of the molecule is C[N+](C)([O-])c1ccc(CNc2ccc([N+](=O)[O-])c3nonc23)cc1. The first kappa shape index (κ1) is 15.8. The number of nitro benzene ring substituents is 1. The molecule has 0 atom stereocenters. The van der Waals surface area contributed by atoms with Crippen molar-refractivity contribution in [2.24, 2.45) is 0 Å². The number of anilines is 1. The van der Waals surface area contributed by atoms with Crippen LogP contribution < -0.4 is 9.96 Å². The maximum absolute atomic E-state index is 11.8. The topological polar surface area (TPSA) is 117 Å². The van der Waals surface area contributed by atoms with Crippen LogP contribution in [0.5, 0.6) is 0 Å². The lowest BCUT2D eigenvalue weighted by Crippen LogP contribution is -2.32. The number of hydroxylamine groups is 2. The number of non-ortho nitro benzene ring substituents is 1. The Morgan fingerprint density at radius 1 is 1.12 bits per heavy atom. The highest BCUT2D eigenvalue weighted by molar-refractivity contribution is 5.93. The average Bonchev–Trinajstić information content (AvgIpc) is 3.01. The van der Waals surface area contributed by atoms with Crippen LogP contribution in [-0.2, 0) is 6.54 Å². The summed E-state index contributed by atoms with van der Waals surface area (Å²) in [6.07, 6.45) is 0. The summed E-state index contributed by atoms with van der Waals surface area (Å²) in [5, 5.41) is 33.3. The van der Waals surface area contributed by atoms with Gasteiger partial charge in [-0.15, -0.1) is 0 Å². The van der Waals surface area contributed by atoms with Gasteiger partial charge in [-0.3, -0.25) is 10.1 Å². The minimum atomic E-state index is -0.530. The molecule has 0 aliphatic rings. The Morgan fingerprint density at radius 3 is 2.42 bits per heavy atom. The van der Waals surface area contributed by atoms with Crippen molar-refractivity contribution in [2.75, 3.05) is 19.4 Å². The number of hydrogen-bond donors (Lipinski definition) is 1. The molecular formula is C15H15N5O4. The second kappa shape index (κ2) is 5.87. The smallest absolute Gasteiger partial charge is 0.300 e. The number of benzene rings is 2. The molecule has 9 heteroatoms. The van der Waals surface area contributed by atoms with E-state index < -0.39 is 9.57 Å². The standard InChI is InChI=1S/C15H15N5O4/c1-20(2,23)11-5-3-10(4-6-11)9-16-12-7-8-13(19(21)22)15-14(12)17-24-18-15/h3-8,16H,9H2,1-2H3. The molecule has 0 aliphatic heterocycles. The summed E-state index contributed by atoms with van der Waals surface area (Å²) in [4.78, 5) is 10.4. The minimum Gasteiger partial charge on any atom is -0.628 e. The molecule has 1 aromatic heterocycles. The van der Waals surface area contributed by atoms with Gasteiger partial charge in [0, 0.05) is 12.6 Å². The highest BCUT2D eigenvalue weighted by Gasteiger charge is 2.19. The van der Waals surface area contributed by atoms with Crippen molar-refractivity contribution >= 4 is 28.1 Å². The largest absolute Gasteiger partial charge is 0.628 e. The first-order valence-corrected chi connectivity index (χ1v) is 7.14. The van der Waals surface area contributed by atoms with E-state index in [-0.39, 0.29) is 11.2 Å². The molecule has 1 N–H and O–H groups in total. The summed E-state index contributed by atoms with van der Waals surface area (Å²) in [7, 11) is 3.11. The van der Waals surface area contributed by atoms with Crippen molar-refractivity contribution in [3.63, 3.8) is 0 Å². The zero-order valence-corrected chi connectivity index (χ0v) is 13.1. The average molecular weight is 329 g/mol. The fraction of sp³-hybridized carbons (Fsp3) is 0.200. The van der Waals surface area contributed by atoms with Crippen LogP contribution in [0.25, 0.3) is 11.0 Å². The van der Waals surface area contributed by atoms with E-state index in [2.05, 4.69) is 20.3 Å². The number of hydrogen-bond acceptors (Lipinski definition) is 7. The van der Waals surface area contributed by atoms with Gasteiger partial charge in [-0.2, -0.15) is 0 Å². The fourth-order valence-corrected chi connectivity index (χ4v) is 2.31. The first-order valence-electron chi connectivity index (χ1n) is 7.14. The molecule has 0 fully saturated rings. The summed E-state index contributed by atoms with van der Waals surface area (Å²) < 4.78 is 4.12. The highest BCUT2D eigenvalue weighted by atomic mass is 16.6. The van der Waals surface area contributed by atoms with E-state index in [1.54, 1.807) is 32.3 Å². The minimum absolute atomic E-state index is 0.103. The Hall–Kier alpha value is -3.04. The van der Waals surface area contributed by atoms with E-state index in [0.717, 1.165) is 5.56 Å². The third-order valence-corrected chi connectivity index (χ3v) is 3.63. The van der Waals surface area contributed by atoms with E-state index >= 15 is 0 Å². The van der Waals surface area contributed by atoms with Gasteiger partial charge in [-0.05, 0) is 34.1 Å². The van der Waals surface area contributed by atoms with E-state index in [0.29, 0.717) is 23.4 Å². The van der Waals surface area contributed by atoms with Crippen molar-refractivity contribution in [3.05, 3.63) is 57.3 Å². The van der Waals surface area contributed by atoms with Gasteiger partial charge in [-0.25, -0.2) is 4.63 Å². The number of nitrogens with one attached hydrogen (secondary N) is 1. The maximum Gasteiger partial charge on any atom is 0.300 e. The van der Waals surface area contributed by atoms with Gasteiger partial charge in [-0.1, -0.05) is 12.1 Å². The lowest BCUT2D eigenvalue weighted by atomic mass is 10.2. The quantitative estimate of drug-likeness (QED) is 0.434. The van der Waals surface area contributed by atoms with E-state index in [4.69, 9.17) is 0 Å². The Morgan fingerprint density at radius 2 is 1.79 bits per heavy atom. The van der Waals surface area contributed by atoms with Crippen LogP contribution in [0.2, 0.25) is 0 Å². The molecular weight excluding hydrogens is 314 g/mol. The monoisotopic (exact) mass is 329 g/mol. The van der Waals surface area contributed by atoms with Crippen LogP contribution in [0.3, 0.4) is 0 Å². The molecule has 0 bridgehead atoms. The molecule has 1 heterocycles. The van der Waals surface area contributed by atoms with Gasteiger partial charge in [0.05, 0.1) is 24.7 Å². The fourth-order valence-electron chi connectivity index (χ4n) is 2.31. The maximum atomic E-state index is 11.8. The van der Waals surface area contributed by atoms with Crippen LogP contribution in [0.15, 0.2) is 41.0 Å². The Kier molecular flexibility index (Phi) is 3.87. The Bertz CT molecular complexity index is 883. The van der Waals surface area contributed by atoms with Crippen LogP contribution in [-0.4, -0.2) is 29.3 Å². The number of rotatable bonds is 5. The molecule has 0 saturated carbocycles. The molecule has 24 heavy (non-hydrogen) atoms. The molecule has 0 amide bonds. The van der Waals surface area contributed by atoms with Crippen molar-refractivity contribution in [2.45, 2.75) is 6.54 Å². The summed E-state index contributed by atoms with van der Waals surface area (Å²) in [5.41, 5.74) is 2.44. The molecule has 2 aromatic carbocycles. The van der Waals surface area contributed by atoms with Gasteiger partial charge < -0.3 is 15.2 Å². The molecule has 0 radical (unpaired) electrons. The summed E-state index contributed by atoms with van der Waals surface area (Å²) >= 11 is 0. The number of nitro groups is 1. The number of fused-ring (bicyclic) bond motifs is 1. The van der Waals surface area contributed by atoms with Crippen LogP contribution in [0, 0.1) is 15.3 Å². The lowest BCUT2D eigenvalue weighted by Gasteiger charge is -2.33. The third-order valence-electron chi connectivity index (χ3n) is 3.63. The number of nitrogens with zero attached hydrogens (tertiary/aromatic N) is 4. The lowest BCUT2D eigenvalue weighted by molar-refractivity contribution is -0.383. The molecule has 3 aromatic rings. The summed E-state index contributed by atoms with van der Waals surface area (Å²) in [5.74, 6) is 0. The van der Waals surface area contributed by atoms with E-state index in [1.807, 2.05) is 12.1 Å². The molecule has 124 valence electrons. The van der Waals surface area contributed by atoms with Crippen LogP contribution in [0.4, 0.5) is 17.1 Å². The first-order chi connectivity index (χ1) is 11.4. The molecule has 0 saturated heterocycles. The van der Waals surface area contributed by atoms with Gasteiger partial charge in [0.2, 0.25) is 5.52 Å². The second-order valence-electron chi connectivity index (χ2n) is 5.72. The van der Waals surface area contributed by atoms with Crippen molar-refractivity contribution in [3.8, 4) is 0 Å². The summed E-state index contributed by atoms with van der Waals surface area (Å²) in [6.45, 7) is 0.465. The van der Waals surface area contributed by atoms with E-state index in [1.165, 1.54) is 6.07 Å². The number of aromatic nitrogens is 2. The van der Waals surface area contributed by atoms with Crippen LogP contribution in [0.1, 0.15) is 5.56 Å². The van der Waals surface area contributed by atoms with Gasteiger partial charge in [0.15, 0.2) is 5.52 Å². The van der Waals surface area contributed by atoms with Crippen molar-refractivity contribution < 1.29 is 9.55 Å². The molecule has 0 unspecified atom stereocenters. The molecule has 3 rings (SSSR count). The van der Waals surface area contributed by atoms with Crippen molar-refractivity contribution in [1.29, 1.82) is 0 Å². The predicted molar refractivity (Wildman–Crippen MR) is 89.2 cm³/mol.